The summed E-state index contributed by atoms with van der Waals surface area (Å²) >= 11 is 0. The van der Waals surface area contributed by atoms with Crippen LogP contribution in [0.5, 0.6) is 0 Å². The number of nitrogen functional groups attached to an aromatic ring is 1. The molecule has 1 saturated heterocycles. The molecule has 0 aliphatic carbocycles. The van der Waals surface area contributed by atoms with Gasteiger partial charge < -0.3 is 15.7 Å². The van der Waals surface area contributed by atoms with E-state index in [0.29, 0.717) is 18.9 Å². The summed E-state index contributed by atoms with van der Waals surface area (Å²) in [6.07, 6.45) is 6.21. The van der Waals surface area contributed by atoms with Crippen molar-refractivity contribution in [3.63, 3.8) is 0 Å². The van der Waals surface area contributed by atoms with Crippen molar-refractivity contribution in [1.82, 2.24) is 24.6 Å². The molecule has 1 fully saturated rings. The number of fused-ring (bicyclic) bond motifs is 1. The number of hydrogen-bond donors (Lipinski definition) is 2. The summed E-state index contributed by atoms with van der Waals surface area (Å²) in [4.78, 5) is 21.8. The van der Waals surface area contributed by atoms with E-state index in [1.54, 1.807) is 6.20 Å². The number of anilines is 1. The van der Waals surface area contributed by atoms with Crippen LogP contribution < -0.4 is 5.73 Å². The summed E-state index contributed by atoms with van der Waals surface area (Å²) in [5.41, 5.74) is 10.6. The van der Waals surface area contributed by atoms with E-state index in [4.69, 9.17) is 15.8 Å². The van der Waals surface area contributed by atoms with Crippen molar-refractivity contribution in [2.75, 3.05) is 18.8 Å². The second kappa shape index (κ2) is 7.96. The van der Waals surface area contributed by atoms with Crippen molar-refractivity contribution >= 4 is 22.7 Å². The molecule has 4 aromatic rings. The molecule has 3 aromatic heterocycles. The lowest BCUT2D eigenvalue weighted by molar-refractivity contribution is 0.124. The lowest BCUT2D eigenvalue weighted by atomic mass is 10.0. The highest BCUT2D eigenvalue weighted by atomic mass is 16.4. The molecule has 1 amide bonds. The molecule has 0 saturated carbocycles. The zero-order valence-corrected chi connectivity index (χ0v) is 17.8. The third-order valence-corrected chi connectivity index (χ3v) is 6.17. The molecule has 5 rings (SSSR count). The Hall–Kier alpha value is -3.94. The number of likely N-dealkylation sites (tertiary alicyclic amines) is 1. The van der Waals surface area contributed by atoms with Crippen molar-refractivity contribution in [3.05, 3.63) is 60.7 Å². The van der Waals surface area contributed by atoms with Crippen molar-refractivity contribution in [1.29, 1.82) is 0 Å². The minimum atomic E-state index is -0.859. The zero-order valence-electron chi connectivity index (χ0n) is 17.8. The summed E-state index contributed by atoms with van der Waals surface area (Å²) in [5.74, 6) is 0.435. The maximum atomic E-state index is 11.1. The normalized spacial score (nSPS) is 14.7. The maximum absolute atomic E-state index is 11.1. The molecule has 8 heteroatoms. The molecular weight excluding hydrogens is 404 g/mol. The Morgan fingerprint density at radius 1 is 1.12 bits per heavy atom. The number of pyridine rings is 2. The van der Waals surface area contributed by atoms with E-state index < -0.39 is 6.09 Å². The second-order valence-corrected chi connectivity index (χ2v) is 8.18. The van der Waals surface area contributed by atoms with Gasteiger partial charge in [0, 0.05) is 53.3 Å². The van der Waals surface area contributed by atoms with Crippen LogP contribution in [0.15, 0.2) is 55.0 Å². The van der Waals surface area contributed by atoms with Gasteiger partial charge in [-0.1, -0.05) is 24.3 Å². The Kier molecular flexibility index (Phi) is 4.97. The average Bonchev–Trinajstić information content (AvgIpc) is 3.30. The predicted molar refractivity (Wildman–Crippen MR) is 123 cm³/mol. The Labute approximate surface area is 185 Å². The van der Waals surface area contributed by atoms with Gasteiger partial charge in [-0.2, -0.15) is 5.10 Å². The fourth-order valence-electron chi connectivity index (χ4n) is 4.36. The summed E-state index contributed by atoms with van der Waals surface area (Å²) in [6, 6.07) is 12.4. The first-order valence-corrected chi connectivity index (χ1v) is 10.6. The second-order valence-electron chi connectivity index (χ2n) is 8.18. The van der Waals surface area contributed by atoms with Gasteiger partial charge in [-0.05, 0) is 37.3 Å². The van der Waals surface area contributed by atoms with Gasteiger partial charge in [0.15, 0.2) is 0 Å². The molecule has 1 aliphatic heterocycles. The highest BCUT2D eigenvalue weighted by Gasteiger charge is 2.24. The van der Waals surface area contributed by atoms with Gasteiger partial charge in [0.25, 0.3) is 0 Å². The summed E-state index contributed by atoms with van der Waals surface area (Å²) < 4.78 is 1.93. The van der Waals surface area contributed by atoms with Gasteiger partial charge in [-0.15, -0.1) is 0 Å². The topological polar surface area (TPSA) is 110 Å². The monoisotopic (exact) mass is 428 g/mol. The molecule has 8 nitrogen and oxygen atoms in total. The quantitative estimate of drug-likeness (QED) is 0.501. The van der Waals surface area contributed by atoms with Crippen LogP contribution in [0.3, 0.4) is 0 Å². The number of piperidine rings is 1. The first-order valence-electron chi connectivity index (χ1n) is 10.6. The highest BCUT2D eigenvalue weighted by Crippen LogP contribution is 2.32. The fourth-order valence-corrected chi connectivity index (χ4v) is 4.36. The number of nitrogens with two attached hydrogens (primary N) is 1. The number of nitrogens with zero attached hydrogens (tertiary/aromatic N) is 5. The number of carbonyl (C=O) groups is 1. The Morgan fingerprint density at radius 2 is 1.91 bits per heavy atom. The number of aryl methyl sites for hydroxylation is 1. The van der Waals surface area contributed by atoms with E-state index in [0.717, 1.165) is 51.7 Å². The van der Waals surface area contributed by atoms with Gasteiger partial charge in [-0.25, -0.2) is 9.78 Å². The molecule has 0 unspecified atom stereocenters. The number of benzene rings is 1. The molecule has 0 bridgehead atoms. The average molecular weight is 428 g/mol. The van der Waals surface area contributed by atoms with E-state index in [1.165, 1.54) is 4.90 Å². The fraction of sp³-hybridized carbons (Fsp3) is 0.250. The molecule has 0 radical (unpaired) electrons. The molecule has 4 heterocycles. The molecule has 32 heavy (non-hydrogen) atoms. The van der Waals surface area contributed by atoms with Crippen LogP contribution in [-0.2, 0) is 0 Å². The standard InChI is InChI=1S/C24H24N6O2/c1-15-20-5-3-2-4-16(20)11-22(28-15)21-10-17(12-26-23(21)25)18-13-27-30(14-18)19-6-8-29(9-7-19)24(31)32/h2-5,10-14,19H,6-9H2,1H3,(H2,25,26)(H,31,32). The van der Waals surface area contributed by atoms with Crippen LogP contribution in [0.2, 0.25) is 0 Å². The molecule has 3 N–H and O–H groups in total. The van der Waals surface area contributed by atoms with Crippen LogP contribution in [0, 0.1) is 6.92 Å². The first kappa shape index (κ1) is 20.0. The molecule has 1 aromatic carbocycles. The van der Waals surface area contributed by atoms with E-state index in [-0.39, 0.29) is 6.04 Å². The minimum Gasteiger partial charge on any atom is -0.465 e. The lowest BCUT2D eigenvalue weighted by Gasteiger charge is -2.30. The van der Waals surface area contributed by atoms with Crippen LogP contribution in [0.25, 0.3) is 33.2 Å². The maximum Gasteiger partial charge on any atom is 0.407 e. The Bertz CT molecular complexity index is 1310. The Morgan fingerprint density at radius 3 is 2.69 bits per heavy atom. The minimum absolute atomic E-state index is 0.186. The van der Waals surface area contributed by atoms with Gasteiger partial charge in [0.1, 0.15) is 5.82 Å². The number of amides is 1. The molecule has 0 spiro atoms. The number of aromatic nitrogens is 4. The van der Waals surface area contributed by atoms with Gasteiger partial charge >= 0.3 is 6.09 Å². The number of carboxylic acid groups (broad SMARTS) is 1. The largest absolute Gasteiger partial charge is 0.465 e. The summed E-state index contributed by atoms with van der Waals surface area (Å²) in [5, 5.41) is 15.9. The van der Waals surface area contributed by atoms with Crippen molar-refractivity contribution < 1.29 is 9.90 Å². The Balaban J connectivity index is 1.45. The zero-order chi connectivity index (χ0) is 22.2. The van der Waals surface area contributed by atoms with Crippen LogP contribution in [0.1, 0.15) is 24.6 Å². The summed E-state index contributed by atoms with van der Waals surface area (Å²) in [6.45, 7) is 3.05. The molecule has 0 atom stereocenters. The van der Waals surface area contributed by atoms with E-state index in [1.807, 2.05) is 48.3 Å². The SMILES string of the molecule is Cc1nc(-c2cc(-c3cnn(C4CCN(C(=O)O)CC4)c3)cnc2N)cc2ccccc12. The van der Waals surface area contributed by atoms with Crippen LogP contribution in [-0.4, -0.2) is 48.9 Å². The van der Waals surface area contributed by atoms with Crippen LogP contribution >= 0.6 is 0 Å². The third-order valence-electron chi connectivity index (χ3n) is 6.17. The van der Waals surface area contributed by atoms with Crippen LogP contribution in [0.4, 0.5) is 10.6 Å². The van der Waals surface area contributed by atoms with Crippen molar-refractivity contribution in [2.45, 2.75) is 25.8 Å². The predicted octanol–water partition coefficient (Wildman–Crippen LogP) is 4.37. The van der Waals surface area contributed by atoms with E-state index in [2.05, 4.69) is 22.2 Å². The molecule has 1 aliphatic rings. The van der Waals surface area contributed by atoms with E-state index >= 15 is 0 Å². The van der Waals surface area contributed by atoms with Crippen molar-refractivity contribution in [2.24, 2.45) is 0 Å². The number of rotatable bonds is 3. The van der Waals surface area contributed by atoms with Gasteiger partial charge in [0.05, 0.1) is 17.9 Å². The first-order chi connectivity index (χ1) is 15.5. The van der Waals surface area contributed by atoms with Gasteiger partial charge in [-0.3, -0.25) is 9.67 Å². The third kappa shape index (κ3) is 3.64. The van der Waals surface area contributed by atoms with Crippen molar-refractivity contribution in [3.8, 4) is 22.4 Å². The smallest absolute Gasteiger partial charge is 0.407 e. The summed E-state index contributed by atoms with van der Waals surface area (Å²) in [7, 11) is 0. The van der Waals surface area contributed by atoms with Gasteiger partial charge in [0.2, 0.25) is 0 Å². The molecule has 162 valence electrons. The highest BCUT2D eigenvalue weighted by molar-refractivity contribution is 5.89. The van der Waals surface area contributed by atoms with E-state index in [9.17, 15) is 4.79 Å². The number of hydrogen-bond acceptors (Lipinski definition) is 5. The molecular formula is C24H24N6O2. The lowest BCUT2D eigenvalue weighted by Crippen LogP contribution is -2.38.